The first-order chi connectivity index (χ1) is 6.84. The van der Waals surface area contributed by atoms with Gasteiger partial charge < -0.3 is 11.1 Å². The minimum Gasteiger partial charge on any atom is -0.384 e. The molecule has 1 heterocycles. The monoisotopic (exact) mass is 191 g/mol. The molecule has 1 aromatic rings. The summed E-state index contributed by atoms with van der Waals surface area (Å²) in [4.78, 5) is 4.17. The Morgan fingerprint density at radius 2 is 2.29 bits per heavy atom. The first-order valence-corrected chi connectivity index (χ1v) is 5.31. The molecule has 1 aliphatic rings. The van der Waals surface area contributed by atoms with Crippen LogP contribution in [0, 0.1) is 5.92 Å². The third kappa shape index (κ3) is 2.91. The van der Waals surface area contributed by atoms with Crippen molar-refractivity contribution in [1.29, 1.82) is 0 Å². The average molecular weight is 191 g/mol. The Morgan fingerprint density at radius 1 is 1.43 bits per heavy atom. The minimum atomic E-state index is 0.581. The summed E-state index contributed by atoms with van der Waals surface area (Å²) in [6.45, 7) is 1.01. The smallest absolute Gasteiger partial charge is 0.128 e. The number of nitrogens with one attached hydrogen (secondary N) is 1. The van der Waals surface area contributed by atoms with Crippen LogP contribution < -0.4 is 11.1 Å². The van der Waals surface area contributed by atoms with Gasteiger partial charge >= 0.3 is 0 Å². The molecule has 1 aromatic heterocycles. The number of nitrogens with zero attached hydrogens (tertiary/aromatic N) is 1. The number of hydrogen-bond acceptors (Lipinski definition) is 3. The molecule has 0 aliphatic heterocycles. The van der Waals surface area contributed by atoms with Crippen LogP contribution >= 0.6 is 0 Å². The van der Waals surface area contributed by atoms with Gasteiger partial charge in [-0.25, -0.2) is 4.98 Å². The number of rotatable bonds is 5. The number of nitrogen functional groups attached to an aromatic ring is 1. The van der Waals surface area contributed by atoms with Gasteiger partial charge in [0.05, 0.1) is 0 Å². The van der Waals surface area contributed by atoms with Crippen LogP contribution in [0.25, 0.3) is 0 Å². The van der Waals surface area contributed by atoms with E-state index in [1.807, 2.05) is 12.1 Å². The first kappa shape index (κ1) is 9.31. The summed E-state index contributed by atoms with van der Waals surface area (Å²) in [5, 5.41) is 3.28. The summed E-state index contributed by atoms with van der Waals surface area (Å²) in [7, 11) is 0. The average Bonchev–Trinajstić information content (AvgIpc) is 2.96. The summed E-state index contributed by atoms with van der Waals surface area (Å²) in [5.74, 6) is 2.49. The lowest BCUT2D eigenvalue weighted by atomic mass is 10.2. The maximum absolute atomic E-state index is 5.57. The zero-order valence-electron chi connectivity index (χ0n) is 8.37. The third-order valence-electron chi connectivity index (χ3n) is 2.56. The van der Waals surface area contributed by atoms with E-state index in [-0.39, 0.29) is 0 Å². The van der Waals surface area contributed by atoms with E-state index in [1.165, 1.54) is 25.7 Å². The molecule has 14 heavy (non-hydrogen) atoms. The van der Waals surface area contributed by atoms with E-state index in [4.69, 9.17) is 5.73 Å². The number of anilines is 2. The molecular formula is C11H17N3. The zero-order chi connectivity index (χ0) is 9.80. The van der Waals surface area contributed by atoms with Crippen molar-refractivity contribution in [2.45, 2.75) is 25.7 Å². The van der Waals surface area contributed by atoms with Gasteiger partial charge in [0.25, 0.3) is 0 Å². The van der Waals surface area contributed by atoms with Crippen molar-refractivity contribution < 1.29 is 0 Å². The summed E-state index contributed by atoms with van der Waals surface area (Å²) in [5.41, 5.74) is 5.57. The fraction of sp³-hybridized carbons (Fsp3) is 0.545. The zero-order valence-corrected chi connectivity index (χ0v) is 8.37. The van der Waals surface area contributed by atoms with E-state index in [0.717, 1.165) is 18.3 Å². The Hall–Kier alpha value is -1.25. The van der Waals surface area contributed by atoms with Gasteiger partial charge in [0.15, 0.2) is 0 Å². The predicted octanol–water partition coefficient (Wildman–Crippen LogP) is 2.27. The van der Waals surface area contributed by atoms with Crippen molar-refractivity contribution in [3.05, 3.63) is 18.2 Å². The van der Waals surface area contributed by atoms with Gasteiger partial charge in [-0.1, -0.05) is 18.9 Å². The van der Waals surface area contributed by atoms with E-state index in [2.05, 4.69) is 10.3 Å². The molecule has 0 amide bonds. The lowest BCUT2D eigenvalue weighted by molar-refractivity contribution is 0.686. The predicted molar refractivity (Wildman–Crippen MR) is 59.1 cm³/mol. The molecule has 3 nitrogen and oxygen atoms in total. The molecule has 0 spiro atoms. The van der Waals surface area contributed by atoms with Crippen molar-refractivity contribution in [3.63, 3.8) is 0 Å². The molecular weight excluding hydrogens is 174 g/mol. The first-order valence-electron chi connectivity index (χ1n) is 5.31. The molecule has 1 aliphatic carbocycles. The van der Waals surface area contributed by atoms with Crippen LogP contribution in [0.2, 0.25) is 0 Å². The van der Waals surface area contributed by atoms with Gasteiger partial charge in [-0.05, 0) is 30.9 Å². The molecule has 3 heteroatoms. The molecule has 2 rings (SSSR count). The summed E-state index contributed by atoms with van der Waals surface area (Å²) in [6, 6.07) is 5.68. The van der Waals surface area contributed by atoms with Crippen LogP contribution in [0.3, 0.4) is 0 Å². The Morgan fingerprint density at radius 3 is 3.00 bits per heavy atom. The Balaban J connectivity index is 1.68. The molecule has 0 radical (unpaired) electrons. The molecule has 0 atom stereocenters. The second-order valence-electron chi connectivity index (χ2n) is 3.96. The fourth-order valence-electron chi connectivity index (χ4n) is 1.56. The lowest BCUT2D eigenvalue weighted by Crippen LogP contribution is -2.04. The van der Waals surface area contributed by atoms with Gasteiger partial charge in [-0.15, -0.1) is 0 Å². The second kappa shape index (κ2) is 4.31. The SMILES string of the molecule is Nc1cccc(NCCCC2CC2)n1. The molecule has 1 fully saturated rings. The van der Waals surface area contributed by atoms with Crippen molar-refractivity contribution in [3.8, 4) is 0 Å². The van der Waals surface area contributed by atoms with E-state index >= 15 is 0 Å². The van der Waals surface area contributed by atoms with E-state index in [1.54, 1.807) is 6.07 Å². The normalized spacial score (nSPS) is 15.4. The maximum atomic E-state index is 5.57. The number of nitrogens with two attached hydrogens (primary N) is 1. The van der Waals surface area contributed by atoms with E-state index in [9.17, 15) is 0 Å². The van der Waals surface area contributed by atoms with Crippen molar-refractivity contribution in [2.24, 2.45) is 5.92 Å². The van der Waals surface area contributed by atoms with Crippen molar-refractivity contribution >= 4 is 11.6 Å². The van der Waals surface area contributed by atoms with Crippen LogP contribution in [-0.2, 0) is 0 Å². The topological polar surface area (TPSA) is 50.9 Å². The number of aromatic nitrogens is 1. The fourth-order valence-corrected chi connectivity index (χ4v) is 1.56. The highest BCUT2D eigenvalue weighted by Gasteiger charge is 2.19. The van der Waals surface area contributed by atoms with Gasteiger partial charge in [0, 0.05) is 6.54 Å². The summed E-state index contributed by atoms with van der Waals surface area (Å²) < 4.78 is 0. The standard InChI is InChI=1S/C11H17N3/c12-10-4-1-5-11(14-10)13-8-2-3-9-6-7-9/h1,4-5,9H,2-3,6-8H2,(H3,12,13,14). The van der Waals surface area contributed by atoms with E-state index < -0.39 is 0 Å². The molecule has 0 unspecified atom stereocenters. The summed E-state index contributed by atoms with van der Waals surface area (Å²) >= 11 is 0. The Labute approximate surface area is 84.7 Å². The van der Waals surface area contributed by atoms with Gasteiger partial charge in [-0.3, -0.25) is 0 Å². The van der Waals surface area contributed by atoms with E-state index in [0.29, 0.717) is 5.82 Å². The molecule has 0 aromatic carbocycles. The van der Waals surface area contributed by atoms with Crippen LogP contribution in [0.5, 0.6) is 0 Å². The van der Waals surface area contributed by atoms with Gasteiger partial charge in [0.2, 0.25) is 0 Å². The Kier molecular flexibility index (Phi) is 2.87. The second-order valence-corrected chi connectivity index (χ2v) is 3.96. The van der Waals surface area contributed by atoms with Crippen LogP contribution in [-0.4, -0.2) is 11.5 Å². The highest BCUT2D eigenvalue weighted by atomic mass is 15.0. The van der Waals surface area contributed by atoms with Crippen LogP contribution in [0.15, 0.2) is 18.2 Å². The van der Waals surface area contributed by atoms with Crippen LogP contribution in [0.1, 0.15) is 25.7 Å². The van der Waals surface area contributed by atoms with Gasteiger partial charge in [-0.2, -0.15) is 0 Å². The molecule has 76 valence electrons. The van der Waals surface area contributed by atoms with Crippen molar-refractivity contribution in [2.75, 3.05) is 17.6 Å². The molecule has 1 saturated carbocycles. The summed E-state index contributed by atoms with van der Waals surface area (Å²) in [6.07, 6.45) is 5.48. The third-order valence-corrected chi connectivity index (χ3v) is 2.56. The number of hydrogen-bond donors (Lipinski definition) is 2. The molecule has 0 bridgehead atoms. The quantitative estimate of drug-likeness (QED) is 0.702. The maximum Gasteiger partial charge on any atom is 0.128 e. The number of pyridine rings is 1. The lowest BCUT2D eigenvalue weighted by Gasteiger charge is -2.05. The minimum absolute atomic E-state index is 0.581. The highest BCUT2D eigenvalue weighted by molar-refractivity contribution is 5.41. The molecule has 3 N–H and O–H groups in total. The largest absolute Gasteiger partial charge is 0.384 e. The van der Waals surface area contributed by atoms with Crippen molar-refractivity contribution in [1.82, 2.24) is 4.98 Å². The highest BCUT2D eigenvalue weighted by Crippen LogP contribution is 2.33. The van der Waals surface area contributed by atoms with Crippen LogP contribution in [0.4, 0.5) is 11.6 Å². The van der Waals surface area contributed by atoms with Gasteiger partial charge in [0.1, 0.15) is 11.6 Å². The molecule has 0 saturated heterocycles. The Bertz CT molecular complexity index is 294.